The molecule has 2 aromatic heterocycles. The zero-order valence-corrected chi connectivity index (χ0v) is 14.0. The van der Waals surface area contributed by atoms with Gasteiger partial charge in [0.25, 0.3) is 0 Å². The molecular formula is C16H21N3O3S. The third-order valence-corrected chi connectivity index (χ3v) is 4.15. The van der Waals surface area contributed by atoms with Gasteiger partial charge in [0.15, 0.2) is 0 Å². The first-order chi connectivity index (χ1) is 11.0. The molecule has 0 aliphatic rings. The van der Waals surface area contributed by atoms with Crippen LogP contribution in [0.1, 0.15) is 22.4 Å². The summed E-state index contributed by atoms with van der Waals surface area (Å²) in [6.07, 6.45) is 2.33. The maximum atomic E-state index is 11.8. The minimum atomic E-state index is -0.405. The van der Waals surface area contributed by atoms with Crippen molar-refractivity contribution in [2.75, 3.05) is 6.54 Å². The van der Waals surface area contributed by atoms with Crippen LogP contribution in [-0.2, 0) is 17.8 Å². The van der Waals surface area contributed by atoms with E-state index < -0.39 is 6.03 Å². The topological polar surface area (TPSA) is 83.4 Å². The van der Waals surface area contributed by atoms with Crippen molar-refractivity contribution in [1.29, 1.82) is 0 Å². The summed E-state index contributed by atoms with van der Waals surface area (Å²) in [7, 11) is 0. The molecule has 3 amide bonds. The van der Waals surface area contributed by atoms with Gasteiger partial charge in [-0.3, -0.25) is 4.79 Å². The molecule has 23 heavy (non-hydrogen) atoms. The molecule has 0 spiro atoms. The average Bonchev–Trinajstić information content (AvgIpc) is 3.14. The van der Waals surface area contributed by atoms with E-state index in [9.17, 15) is 9.59 Å². The molecule has 124 valence electrons. The minimum Gasteiger partial charge on any atom is -0.467 e. The third-order valence-electron chi connectivity index (χ3n) is 3.12. The summed E-state index contributed by atoms with van der Waals surface area (Å²) in [5, 5.41) is 8.00. The number of hydrogen-bond donors (Lipinski definition) is 3. The lowest BCUT2D eigenvalue weighted by molar-refractivity contribution is -0.120. The van der Waals surface area contributed by atoms with Crippen molar-refractivity contribution in [1.82, 2.24) is 16.0 Å². The number of rotatable bonds is 7. The summed E-state index contributed by atoms with van der Waals surface area (Å²) >= 11 is 1.73. The van der Waals surface area contributed by atoms with Gasteiger partial charge in [0, 0.05) is 22.2 Å². The molecule has 2 rings (SSSR count). The summed E-state index contributed by atoms with van der Waals surface area (Å²) < 4.78 is 5.10. The fourth-order valence-electron chi connectivity index (χ4n) is 2.08. The molecule has 2 aromatic rings. The Hall–Kier alpha value is -2.28. The third kappa shape index (κ3) is 6.15. The van der Waals surface area contributed by atoms with Crippen LogP contribution in [0.5, 0.6) is 0 Å². The van der Waals surface area contributed by atoms with Crippen LogP contribution in [0.3, 0.4) is 0 Å². The molecule has 3 N–H and O–H groups in total. The largest absolute Gasteiger partial charge is 0.467 e. The molecule has 0 saturated heterocycles. The van der Waals surface area contributed by atoms with E-state index in [0.717, 1.165) is 6.42 Å². The molecule has 0 bridgehead atoms. The highest BCUT2D eigenvalue weighted by atomic mass is 32.1. The van der Waals surface area contributed by atoms with Crippen LogP contribution in [0.25, 0.3) is 0 Å². The van der Waals surface area contributed by atoms with Gasteiger partial charge in [0.05, 0.1) is 19.4 Å². The maximum Gasteiger partial charge on any atom is 0.315 e. The first-order valence-corrected chi connectivity index (χ1v) is 8.23. The lowest BCUT2D eigenvalue weighted by Crippen LogP contribution is -2.44. The number of nitrogens with one attached hydrogen (secondary N) is 3. The highest BCUT2D eigenvalue weighted by Crippen LogP contribution is 2.16. The highest BCUT2D eigenvalue weighted by Gasteiger charge is 2.10. The number of carbonyl (C=O) groups excluding carboxylic acids is 2. The molecule has 6 nitrogen and oxygen atoms in total. The second-order valence-electron chi connectivity index (χ2n) is 5.30. The summed E-state index contributed by atoms with van der Waals surface area (Å²) in [4.78, 5) is 25.9. The van der Waals surface area contributed by atoms with E-state index in [1.54, 1.807) is 29.7 Å². The van der Waals surface area contributed by atoms with Gasteiger partial charge < -0.3 is 20.4 Å². The smallest absolute Gasteiger partial charge is 0.315 e. The van der Waals surface area contributed by atoms with Crippen molar-refractivity contribution in [3.8, 4) is 0 Å². The molecule has 7 heteroatoms. The number of thiophene rings is 1. The molecule has 0 unspecified atom stereocenters. The van der Waals surface area contributed by atoms with E-state index in [2.05, 4.69) is 35.0 Å². The van der Waals surface area contributed by atoms with Crippen molar-refractivity contribution in [3.63, 3.8) is 0 Å². The fraction of sp³-hybridized carbons (Fsp3) is 0.375. The normalized spacial score (nSPS) is 11.7. The summed E-state index contributed by atoms with van der Waals surface area (Å²) in [5.41, 5.74) is 0. The fourth-order valence-corrected chi connectivity index (χ4v) is 3.10. The molecule has 2 heterocycles. The van der Waals surface area contributed by atoms with Crippen molar-refractivity contribution in [3.05, 3.63) is 46.0 Å². The van der Waals surface area contributed by atoms with Crippen LogP contribution in [0.2, 0.25) is 0 Å². The Morgan fingerprint density at radius 3 is 2.74 bits per heavy atom. The van der Waals surface area contributed by atoms with Gasteiger partial charge >= 0.3 is 6.03 Å². The predicted molar refractivity (Wildman–Crippen MR) is 89.3 cm³/mol. The van der Waals surface area contributed by atoms with E-state index in [-0.39, 0.29) is 25.0 Å². The number of aryl methyl sites for hydroxylation is 1. The Morgan fingerprint density at radius 2 is 2.09 bits per heavy atom. The molecule has 0 aliphatic carbocycles. The van der Waals surface area contributed by atoms with Crippen LogP contribution in [0.15, 0.2) is 34.9 Å². The summed E-state index contributed by atoms with van der Waals surface area (Å²) in [6, 6.07) is 7.27. The van der Waals surface area contributed by atoms with Crippen molar-refractivity contribution in [2.45, 2.75) is 32.9 Å². The number of furan rings is 1. The lowest BCUT2D eigenvalue weighted by atomic mass is 10.2. The van der Waals surface area contributed by atoms with E-state index in [1.165, 1.54) is 9.75 Å². The number of carbonyl (C=O) groups is 2. The number of urea groups is 1. The monoisotopic (exact) mass is 335 g/mol. The quantitative estimate of drug-likeness (QED) is 0.725. The van der Waals surface area contributed by atoms with Gasteiger partial charge in [0.1, 0.15) is 5.76 Å². The Bertz CT molecular complexity index is 637. The van der Waals surface area contributed by atoms with Crippen LogP contribution >= 0.6 is 11.3 Å². The molecule has 0 fully saturated rings. The van der Waals surface area contributed by atoms with E-state index >= 15 is 0 Å². The van der Waals surface area contributed by atoms with E-state index in [1.807, 2.05) is 6.92 Å². The van der Waals surface area contributed by atoms with Gasteiger partial charge in [-0.1, -0.05) is 0 Å². The number of hydrogen-bond acceptors (Lipinski definition) is 4. The van der Waals surface area contributed by atoms with Crippen LogP contribution in [-0.4, -0.2) is 24.5 Å². The van der Waals surface area contributed by atoms with Crippen LogP contribution in [0, 0.1) is 6.92 Å². The summed E-state index contributed by atoms with van der Waals surface area (Å²) in [5.74, 6) is 0.448. The minimum absolute atomic E-state index is 0.0218. The molecule has 0 aliphatic heterocycles. The number of amides is 3. The SMILES string of the molecule is Cc1ccc(C[C@@H](C)NC(=O)CNC(=O)NCc2ccco2)s1. The molecule has 1 atom stereocenters. The first kappa shape index (κ1) is 17.1. The Labute approximate surface area is 139 Å². The van der Waals surface area contributed by atoms with Crippen molar-refractivity contribution < 1.29 is 14.0 Å². The Kier molecular flexibility index (Phi) is 6.22. The first-order valence-electron chi connectivity index (χ1n) is 7.41. The second kappa shape index (κ2) is 8.38. The van der Waals surface area contributed by atoms with E-state index in [4.69, 9.17) is 4.42 Å². The van der Waals surface area contributed by atoms with Crippen molar-refractivity contribution >= 4 is 23.3 Å². The van der Waals surface area contributed by atoms with E-state index in [0.29, 0.717) is 5.76 Å². The van der Waals surface area contributed by atoms with Crippen molar-refractivity contribution in [2.24, 2.45) is 0 Å². The van der Waals surface area contributed by atoms with Gasteiger partial charge in [-0.15, -0.1) is 11.3 Å². The van der Waals surface area contributed by atoms with Gasteiger partial charge in [-0.05, 0) is 38.1 Å². The zero-order chi connectivity index (χ0) is 16.7. The second-order valence-corrected chi connectivity index (χ2v) is 6.67. The standard InChI is InChI=1S/C16H21N3O3S/c1-11(8-14-6-5-12(2)23-14)19-15(20)10-18-16(21)17-9-13-4-3-7-22-13/h3-7,11H,8-10H2,1-2H3,(H,19,20)(H2,17,18,21)/t11-/m1/s1. The summed E-state index contributed by atoms with van der Waals surface area (Å²) in [6.45, 7) is 4.24. The van der Waals surface area contributed by atoms with Gasteiger partial charge in [-0.25, -0.2) is 4.79 Å². The Morgan fingerprint density at radius 1 is 1.26 bits per heavy atom. The molecule has 0 radical (unpaired) electrons. The molecule has 0 saturated carbocycles. The molecule has 0 aromatic carbocycles. The Balaban J connectivity index is 1.63. The average molecular weight is 335 g/mol. The lowest BCUT2D eigenvalue weighted by Gasteiger charge is -2.13. The maximum absolute atomic E-state index is 11.8. The van der Waals surface area contributed by atoms with Gasteiger partial charge in [-0.2, -0.15) is 0 Å². The van der Waals surface area contributed by atoms with Gasteiger partial charge in [0.2, 0.25) is 5.91 Å². The molecular weight excluding hydrogens is 314 g/mol. The predicted octanol–water partition coefficient (Wildman–Crippen LogP) is 2.20. The van der Waals surface area contributed by atoms with Crippen LogP contribution < -0.4 is 16.0 Å². The zero-order valence-electron chi connectivity index (χ0n) is 13.2. The van der Waals surface area contributed by atoms with Crippen LogP contribution in [0.4, 0.5) is 4.79 Å². The highest BCUT2D eigenvalue weighted by molar-refractivity contribution is 7.11.